The number of nitrogens with one attached hydrogen (secondary N) is 1. The second-order valence-corrected chi connectivity index (χ2v) is 6.19. The third kappa shape index (κ3) is 4.37. The number of benzene rings is 1. The number of hydrogen-bond acceptors (Lipinski definition) is 4. The van der Waals surface area contributed by atoms with Crippen LogP contribution in [-0.2, 0) is 6.54 Å². The van der Waals surface area contributed by atoms with Crippen LogP contribution in [0.25, 0.3) is 0 Å². The Labute approximate surface area is 126 Å². The molecule has 0 atom stereocenters. The van der Waals surface area contributed by atoms with Gasteiger partial charge in [0, 0.05) is 15.9 Å². The summed E-state index contributed by atoms with van der Waals surface area (Å²) in [6, 6.07) is 6.28. The zero-order valence-electron chi connectivity index (χ0n) is 11.1. The molecule has 2 aromatic rings. The van der Waals surface area contributed by atoms with Crippen molar-refractivity contribution in [2.24, 2.45) is 0 Å². The van der Waals surface area contributed by atoms with Gasteiger partial charge in [-0.2, -0.15) is 0 Å². The normalized spacial score (nSPS) is 10.9. The number of rotatable bonds is 6. The second-order valence-electron chi connectivity index (χ2n) is 4.29. The Balaban J connectivity index is 2.14. The predicted molar refractivity (Wildman–Crippen MR) is 81.5 cm³/mol. The van der Waals surface area contributed by atoms with Crippen molar-refractivity contribution in [3.63, 3.8) is 0 Å². The first-order chi connectivity index (χ1) is 9.19. The van der Waals surface area contributed by atoms with E-state index in [4.69, 9.17) is 4.42 Å². The minimum absolute atomic E-state index is 0.691. The van der Waals surface area contributed by atoms with Crippen LogP contribution >= 0.6 is 27.7 Å². The molecule has 0 aliphatic heterocycles. The fraction of sp³-hybridized carbons (Fsp3) is 0.357. The highest BCUT2D eigenvalue weighted by molar-refractivity contribution is 9.10. The van der Waals surface area contributed by atoms with E-state index in [2.05, 4.69) is 45.3 Å². The fourth-order valence-corrected chi connectivity index (χ4v) is 2.94. The van der Waals surface area contributed by atoms with Crippen molar-refractivity contribution < 1.29 is 4.42 Å². The number of aromatic nitrogens is 1. The Morgan fingerprint density at radius 2 is 2.26 bits per heavy atom. The zero-order chi connectivity index (χ0) is 13.7. The molecule has 0 aliphatic carbocycles. The van der Waals surface area contributed by atoms with Gasteiger partial charge in [0.1, 0.15) is 6.26 Å². The van der Waals surface area contributed by atoms with Crippen molar-refractivity contribution >= 4 is 27.7 Å². The van der Waals surface area contributed by atoms with E-state index in [9.17, 15) is 0 Å². The summed E-state index contributed by atoms with van der Waals surface area (Å²) in [6.45, 7) is 5.97. The van der Waals surface area contributed by atoms with E-state index in [1.807, 2.05) is 13.0 Å². The quantitative estimate of drug-likeness (QED) is 0.791. The fourth-order valence-electron chi connectivity index (χ4n) is 1.66. The molecule has 0 radical (unpaired) electrons. The number of nitrogens with zero attached hydrogens (tertiary/aromatic N) is 1. The molecule has 0 bridgehead atoms. The van der Waals surface area contributed by atoms with Crippen LogP contribution in [0, 0.1) is 6.92 Å². The number of oxazole rings is 1. The van der Waals surface area contributed by atoms with Crippen molar-refractivity contribution in [1.29, 1.82) is 0 Å². The van der Waals surface area contributed by atoms with Crippen LogP contribution in [0.5, 0.6) is 0 Å². The second kappa shape index (κ2) is 7.12. The molecule has 1 N–H and O–H groups in total. The van der Waals surface area contributed by atoms with Gasteiger partial charge >= 0.3 is 0 Å². The van der Waals surface area contributed by atoms with Gasteiger partial charge in [-0.15, -0.1) is 0 Å². The highest BCUT2D eigenvalue weighted by atomic mass is 79.9. The van der Waals surface area contributed by atoms with Gasteiger partial charge in [0.2, 0.25) is 0 Å². The molecular weight excluding hydrogens is 324 g/mol. The lowest BCUT2D eigenvalue weighted by Crippen LogP contribution is -2.14. The predicted octanol–water partition coefficient (Wildman–Crippen LogP) is 4.40. The third-order valence-corrected chi connectivity index (χ3v) is 4.03. The highest BCUT2D eigenvalue weighted by Crippen LogP contribution is 2.31. The molecule has 1 aromatic carbocycles. The first kappa shape index (κ1) is 14.6. The number of aryl methyl sites for hydroxylation is 1. The SMILES string of the molecule is CCCNCc1cc(Br)ccc1Sc1nc(C)co1. The standard InChI is InChI=1S/C14H17BrN2OS/c1-3-6-16-8-11-7-12(15)4-5-13(11)19-14-17-10(2)9-18-14/h4-5,7,9,16H,3,6,8H2,1-2H3. The molecule has 0 aliphatic rings. The molecule has 0 amide bonds. The van der Waals surface area contributed by atoms with E-state index in [-0.39, 0.29) is 0 Å². The summed E-state index contributed by atoms with van der Waals surface area (Å²) in [5.41, 5.74) is 2.16. The molecule has 5 heteroatoms. The zero-order valence-corrected chi connectivity index (χ0v) is 13.5. The van der Waals surface area contributed by atoms with Crippen LogP contribution in [-0.4, -0.2) is 11.5 Å². The van der Waals surface area contributed by atoms with Crippen LogP contribution < -0.4 is 5.32 Å². The van der Waals surface area contributed by atoms with Crippen LogP contribution in [0.3, 0.4) is 0 Å². The van der Waals surface area contributed by atoms with Crippen molar-refractivity contribution in [2.75, 3.05) is 6.54 Å². The van der Waals surface area contributed by atoms with E-state index in [1.54, 1.807) is 18.0 Å². The molecule has 0 fully saturated rings. The van der Waals surface area contributed by atoms with Crippen LogP contribution in [0.1, 0.15) is 24.6 Å². The van der Waals surface area contributed by atoms with Gasteiger partial charge in [-0.25, -0.2) is 4.98 Å². The molecular formula is C14H17BrN2OS. The Kier molecular flexibility index (Phi) is 5.48. The third-order valence-electron chi connectivity index (χ3n) is 2.56. The summed E-state index contributed by atoms with van der Waals surface area (Å²) in [4.78, 5) is 5.50. The van der Waals surface area contributed by atoms with Crippen LogP contribution in [0.2, 0.25) is 0 Å². The molecule has 19 heavy (non-hydrogen) atoms. The lowest BCUT2D eigenvalue weighted by atomic mass is 10.2. The van der Waals surface area contributed by atoms with E-state index in [0.29, 0.717) is 5.22 Å². The number of halogens is 1. The summed E-state index contributed by atoms with van der Waals surface area (Å²) >= 11 is 5.08. The Morgan fingerprint density at radius 1 is 1.42 bits per heavy atom. The van der Waals surface area contributed by atoms with Crippen LogP contribution in [0.15, 0.2) is 43.5 Å². The molecule has 0 spiro atoms. The van der Waals surface area contributed by atoms with E-state index < -0.39 is 0 Å². The maximum atomic E-state index is 5.40. The average molecular weight is 341 g/mol. The molecule has 3 nitrogen and oxygen atoms in total. The summed E-state index contributed by atoms with van der Waals surface area (Å²) in [7, 11) is 0. The molecule has 102 valence electrons. The van der Waals surface area contributed by atoms with Gasteiger partial charge in [-0.3, -0.25) is 0 Å². The Hall–Kier alpha value is -0.780. The molecule has 2 rings (SSSR count). The smallest absolute Gasteiger partial charge is 0.260 e. The van der Waals surface area contributed by atoms with E-state index in [0.717, 1.165) is 29.7 Å². The average Bonchev–Trinajstić information content (AvgIpc) is 2.78. The van der Waals surface area contributed by atoms with Crippen molar-refractivity contribution in [3.05, 3.63) is 40.2 Å². The minimum Gasteiger partial charge on any atom is -0.439 e. The van der Waals surface area contributed by atoms with Gasteiger partial charge in [0.15, 0.2) is 0 Å². The summed E-state index contributed by atoms with van der Waals surface area (Å²) in [6.07, 6.45) is 2.81. The van der Waals surface area contributed by atoms with Gasteiger partial charge < -0.3 is 9.73 Å². The Morgan fingerprint density at radius 3 is 2.95 bits per heavy atom. The monoisotopic (exact) mass is 340 g/mol. The van der Waals surface area contributed by atoms with Gasteiger partial charge in [0.05, 0.1) is 5.69 Å². The van der Waals surface area contributed by atoms with Gasteiger partial charge in [-0.1, -0.05) is 22.9 Å². The summed E-state index contributed by atoms with van der Waals surface area (Å²) in [5.74, 6) is 0. The first-order valence-corrected chi connectivity index (χ1v) is 7.89. The molecule has 1 heterocycles. The van der Waals surface area contributed by atoms with E-state index >= 15 is 0 Å². The lowest BCUT2D eigenvalue weighted by molar-refractivity contribution is 0.454. The molecule has 0 saturated heterocycles. The Bertz CT molecular complexity index is 542. The maximum absolute atomic E-state index is 5.40. The highest BCUT2D eigenvalue weighted by Gasteiger charge is 2.09. The maximum Gasteiger partial charge on any atom is 0.260 e. The first-order valence-electron chi connectivity index (χ1n) is 6.28. The minimum atomic E-state index is 0.691. The van der Waals surface area contributed by atoms with Gasteiger partial charge in [-0.05, 0) is 55.4 Å². The molecule has 0 unspecified atom stereocenters. The van der Waals surface area contributed by atoms with E-state index in [1.165, 1.54) is 10.5 Å². The number of hydrogen-bond donors (Lipinski definition) is 1. The summed E-state index contributed by atoms with van der Waals surface area (Å²) < 4.78 is 6.49. The van der Waals surface area contributed by atoms with Crippen molar-refractivity contribution in [3.8, 4) is 0 Å². The largest absolute Gasteiger partial charge is 0.439 e. The van der Waals surface area contributed by atoms with Crippen molar-refractivity contribution in [1.82, 2.24) is 10.3 Å². The molecule has 0 saturated carbocycles. The lowest BCUT2D eigenvalue weighted by Gasteiger charge is -2.09. The molecule has 1 aromatic heterocycles. The summed E-state index contributed by atoms with van der Waals surface area (Å²) in [5, 5.41) is 4.12. The van der Waals surface area contributed by atoms with Gasteiger partial charge in [0.25, 0.3) is 5.22 Å². The topological polar surface area (TPSA) is 38.1 Å². The van der Waals surface area contributed by atoms with Crippen molar-refractivity contribution in [2.45, 2.75) is 36.9 Å². The van der Waals surface area contributed by atoms with Crippen LogP contribution in [0.4, 0.5) is 0 Å².